The van der Waals surface area contributed by atoms with E-state index in [0.717, 1.165) is 44.4 Å². The molecule has 0 radical (unpaired) electrons. The minimum absolute atomic E-state index is 0.0718. The summed E-state index contributed by atoms with van der Waals surface area (Å²) >= 11 is 0. The number of carbonyl (C=O) groups is 2. The monoisotopic (exact) mass is 401 g/mol. The lowest BCUT2D eigenvalue weighted by molar-refractivity contribution is -0.319. The molecule has 0 aliphatic heterocycles. The Morgan fingerprint density at radius 2 is 1.83 bits per heavy atom. The molecule has 3 aliphatic rings. The average molecular weight is 402 g/mol. The molecular weight excluding hydrogens is 360 g/mol. The molecule has 3 heteroatoms. The smallest absolute Gasteiger partial charge is 0.161 e. The van der Waals surface area contributed by atoms with Crippen molar-refractivity contribution in [1.82, 2.24) is 0 Å². The first kappa shape index (κ1) is 22.6. The molecule has 0 heterocycles. The highest BCUT2D eigenvalue weighted by molar-refractivity contribution is 5.96. The van der Waals surface area contributed by atoms with Crippen LogP contribution < -0.4 is 5.11 Å². The summed E-state index contributed by atoms with van der Waals surface area (Å²) in [5, 5.41) is 12.4. The molecule has 2 fully saturated rings. The minimum Gasteiger partial charge on any atom is -0.550 e. The summed E-state index contributed by atoms with van der Waals surface area (Å²) in [6.07, 6.45) is 13.1. The molecule has 4 unspecified atom stereocenters. The molecule has 0 amide bonds. The van der Waals surface area contributed by atoms with Crippen LogP contribution in [0.5, 0.6) is 0 Å². The van der Waals surface area contributed by atoms with Crippen LogP contribution in [0.15, 0.2) is 12.2 Å². The third-order valence-electron chi connectivity index (χ3n) is 9.22. The second-order valence-electron chi connectivity index (χ2n) is 11.3. The van der Waals surface area contributed by atoms with Gasteiger partial charge in [-0.05, 0) is 79.6 Å². The van der Waals surface area contributed by atoms with Gasteiger partial charge in [0, 0.05) is 17.3 Å². The van der Waals surface area contributed by atoms with Gasteiger partial charge in [0.1, 0.15) is 0 Å². The first-order valence-corrected chi connectivity index (χ1v) is 12.0. The summed E-state index contributed by atoms with van der Waals surface area (Å²) < 4.78 is 0. The van der Waals surface area contributed by atoms with Crippen molar-refractivity contribution in [3.05, 3.63) is 12.2 Å². The van der Waals surface area contributed by atoms with Gasteiger partial charge in [0.25, 0.3) is 0 Å². The lowest BCUT2D eigenvalue weighted by Crippen LogP contribution is -2.55. The molecule has 0 aromatic carbocycles. The van der Waals surface area contributed by atoms with Crippen molar-refractivity contribution in [3.8, 4) is 0 Å². The molecule has 0 bridgehead atoms. The van der Waals surface area contributed by atoms with E-state index < -0.39 is 17.3 Å². The van der Waals surface area contributed by atoms with Gasteiger partial charge in [0.2, 0.25) is 0 Å². The van der Waals surface area contributed by atoms with Gasteiger partial charge in [-0.3, -0.25) is 4.79 Å². The Kier molecular flexibility index (Phi) is 6.65. The molecule has 0 spiro atoms. The lowest BCUT2D eigenvalue weighted by Gasteiger charge is -2.54. The molecule has 3 rings (SSSR count). The van der Waals surface area contributed by atoms with Crippen molar-refractivity contribution in [2.75, 3.05) is 0 Å². The minimum atomic E-state index is -0.914. The predicted molar refractivity (Wildman–Crippen MR) is 115 cm³/mol. The van der Waals surface area contributed by atoms with Crippen LogP contribution in [0.3, 0.4) is 0 Å². The van der Waals surface area contributed by atoms with Gasteiger partial charge in [-0.25, -0.2) is 0 Å². The summed E-state index contributed by atoms with van der Waals surface area (Å²) in [4.78, 5) is 25.2. The number of fused-ring (bicyclic) bond motifs is 1. The maximum atomic E-state index is 12.8. The van der Waals surface area contributed by atoms with Gasteiger partial charge < -0.3 is 9.90 Å². The maximum absolute atomic E-state index is 12.8. The van der Waals surface area contributed by atoms with Gasteiger partial charge in [0.15, 0.2) is 5.78 Å². The number of ketones is 1. The van der Waals surface area contributed by atoms with Gasteiger partial charge in [-0.15, -0.1) is 0 Å². The van der Waals surface area contributed by atoms with Crippen LogP contribution in [-0.2, 0) is 9.59 Å². The third-order valence-corrected chi connectivity index (χ3v) is 9.22. The van der Waals surface area contributed by atoms with E-state index in [4.69, 9.17) is 0 Å². The first-order valence-electron chi connectivity index (χ1n) is 12.0. The second kappa shape index (κ2) is 8.55. The highest BCUT2D eigenvalue weighted by Crippen LogP contribution is 2.63. The number of carboxylic acid groups (broad SMARTS) is 1. The van der Waals surface area contributed by atoms with Crippen molar-refractivity contribution in [1.29, 1.82) is 0 Å². The van der Waals surface area contributed by atoms with E-state index in [-0.39, 0.29) is 23.0 Å². The molecule has 3 aliphatic carbocycles. The SMILES string of the molecule is CC(C)CCCC(C)C1CCC2[C@@H](C(=O)[O-])C([C@@]3(C)CCC=CC3=O)CC[C@]12C. The quantitative estimate of drug-likeness (QED) is 0.590. The van der Waals surface area contributed by atoms with E-state index in [9.17, 15) is 14.7 Å². The Morgan fingerprint density at radius 3 is 2.45 bits per heavy atom. The summed E-state index contributed by atoms with van der Waals surface area (Å²) in [7, 11) is 0. The van der Waals surface area contributed by atoms with E-state index in [2.05, 4.69) is 27.7 Å². The summed E-state index contributed by atoms with van der Waals surface area (Å²) in [6, 6.07) is 0. The summed E-state index contributed by atoms with van der Waals surface area (Å²) in [5.74, 6) is 0.770. The highest BCUT2D eigenvalue weighted by atomic mass is 16.4. The largest absolute Gasteiger partial charge is 0.550 e. The highest BCUT2D eigenvalue weighted by Gasteiger charge is 2.58. The van der Waals surface area contributed by atoms with E-state index in [1.165, 1.54) is 19.3 Å². The number of rotatable bonds is 7. The number of aliphatic carboxylic acids is 1. The second-order valence-corrected chi connectivity index (χ2v) is 11.3. The van der Waals surface area contributed by atoms with Crippen LogP contribution in [0, 0.1) is 46.3 Å². The lowest BCUT2D eigenvalue weighted by atomic mass is 9.50. The van der Waals surface area contributed by atoms with Crippen LogP contribution in [-0.4, -0.2) is 11.8 Å². The zero-order valence-electron chi connectivity index (χ0n) is 19.2. The normalized spacial score (nSPS) is 40.8. The Morgan fingerprint density at radius 1 is 1.10 bits per heavy atom. The molecule has 2 saturated carbocycles. The van der Waals surface area contributed by atoms with Gasteiger partial charge >= 0.3 is 0 Å². The molecule has 164 valence electrons. The van der Waals surface area contributed by atoms with Crippen LogP contribution in [0.4, 0.5) is 0 Å². The molecule has 0 N–H and O–H groups in total. The average Bonchev–Trinajstić information content (AvgIpc) is 2.99. The van der Waals surface area contributed by atoms with Crippen LogP contribution in [0.1, 0.15) is 92.4 Å². The fourth-order valence-corrected chi connectivity index (χ4v) is 7.46. The molecule has 29 heavy (non-hydrogen) atoms. The first-order chi connectivity index (χ1) is 13.6. The van der Waals surface area contributed by atoms with E-state index in [1.807, 2.05) is 13.0 Å². The predicted octanol–water partition coefficient (Wildman–Crippen LogP) is 5.18. The van der Waals surface area contributed by atoms with Gasteiger partial charge in [-0.1, -0.05) is 60.0 Å². The molecule has 0 saturated heterocycles. The van der Waals surface area contributed by atoms with E-state index in [1.54, 1.807) is 6.08 Å². The number of allylic oxidation sites excluding steroid dienone is 2. The number of hydrogen-bond donors (Lipinski definition) is 0. The molecular formula is C26H41O3-. The Bertz CT molecular complexity index is 650. The van der Waals surface area contributed by atoms with Crippen LogP contribution >= 0.6 is 0 Å². The molecule has 0 aromatic rings. The fourth-order valence-electron chi connectivity index (χ4n) is 7.46. The number of carboxylic acids is 1. The Labute approximate surface area is 177 Å². The number of hydrogen-bond acceptors (Lipinski definition) is 3. The topological polar surface area (TPSA) is 57.2 Å². The maximum Gasteiger partial charge on any atom is 0.161 e. The number of carbonyl (C=O) groups excluding carboxylic acids is 2. The zero-order valence-corrected chi connectivity index (χ0v) is 19.2. The van der Waals surface area contributed by atoms with E-state index >= 15 is 0 Å². The standard InChI is InChI=1S/C26H42O3/c1-17(2)9-8-10-18(3)19-12-13-20-23(24(28)29)21(14-16-25(19,20)4)26(5)15-7-6-11-22(26)27/h6,11,17-21,23H,7-10,12-16H2,1-5H3,(H,28,29)/p-1/t18?,19?,20?,21?,23-,25-,26-/m1/s1. The third kappa shape index (κ3) is 4.08. The van der Waals surface area contributed by atoms with Crippen molar-refractivity contribution >= 4 is 11.8 Å². The van der Waals surface area contributed by atoms with Crippen molar-refractivity contribution < 1.29 is 14.7 Å². The van der Waals surface area contributed by atoms with Crippen LogP contribution in [0.25, 0.3) is 0 Å². The van der Waals surface area contributed by atoms with Crippen molar-refractivity contribution in [2.45, 2.75) is 92.4 Å². The summed E-state index contributed by atoms with van der Waals surface area (Å²) in [6.45, 7) is 11.3. The fraction of sp³-hybridized carbons (Fsp3) is 0.846. The van der Waals surface area contributed by atoms with Gasteiger partial charge in [-0.2, -0.15) is 0 Å². The van der Waals surface area contributed by atoms with Crippen molar-refractivity contribution in [2.24, 2.45) is 46.3 Å². The molecule has 7 atom stereocenters. The van der Waals surface area contributed by atoms with E-state index in [0.29, 0.717) is 11.8 Å². The van der Waals surface area contributed by atoms with Gasteiger partial charge in [0.05, 0.1) is 0 Å². The Hall–Kier alpha value is -1.12. The van der Waals surface area contributed by atoms with Crippen LogP contribution in [0.2, 0.25) is 0 Å². The zero-order chi connectivity index (χ0) is 21.4. The summed E-state index contributed by atoms with van der Waals surface area (Å²) in [5.41, 5.74) is -0.468. The molecule has 0 aromatic heterocycles. The Balaban J connectivity index is 1.80. The van der Waals surface area contributed by atoms with Crippen molar-refractivity contribution in [3.63, 3.8) is 0 Å². The molecule has 3 nitrogen and oxygen atoms in total.